The predicted octanol–water partition coefficient (Wildman–Crippen LogP) is 7.26. The van der Waals surface area contributed by atoms with Crippen LogP contribution in [0.4, 0.5) is 0 Å². The number of hydrogen-bond donors (Lipinski definition) is 0. The Labute approximate surface area is 164 Å². The van der Waals surface area contributed by atoms with Crippen LogP contribution in [-0.4, -0.2) is 13.9 Å². The molecule has 1 unspecified atom stereocenters. The van der Waals surface area contributed by atoms with E-state index in [2.05, 4.69) is 57.3 Å². The minimum atomic E-state index is -1.76. The molecule has 0 spiro atoms. The van der Waals surface area contributed by atoms with Gasteiger partial charge in [-0.25, -0.2) is 0 Å². The van der Waals surface area contributed by atoms with Gasteiger partial charge in [0.2, 0.25) is 0 Å². The third kappa shape index (κ3) is 8.20. The Hall–Kier alpha value is -0.893. The van der Waals surface area contributed by atoms with E-state index < -0.39 is 8.07 Å². The van der Waals surface area contributed by atoms with Crippen molar-refractivity contribution in [3.05, 3.63) is 30.3 Å². The minimum absolute atomic E-state index is 0.289. The lowest BCUT2D eigenvalue weighted by molar-refractivity contribution is -0.119. The number of unbranched alkanes of at least 4 members (excludes halogenated alkanes) is 8. The number of benzene rings is 1. The number of Topliss-reactive ketones (excluding diaryl/α,β-unsaturated/α-hetero) is 1. The first kappa shape index (κ1) is 23.1. The van der Waals surface area contributed by atoms with Crippen LogP contribution in [0.3, 0.4) is 0 Å². The van der Waals surface area contributed by atoms with E-state index in [1.165, 1.54) is 63.0 Å². The molecule has 26 heavy (non-hydrogen) atoms. The van der Waals surface area contributed by atoms with E-state index in [0.29, 0.717) is 5.78 Å². The Kier molecular flexibility index (Phi) is 11.8. The monoisotopic (exact) mass is 374 g/mol. The molecular weight excluding hydrogens is 332 g/mol. The first-order chi connectivity index (χ1) is 12.5. The molecule has 0 fully saturated rings. The molecule has 1 aromatic rings. The van der Waals surface area contributed by atoms with Crippen molar-refractivity contribution in [1.29, 1.82) is 0 Å². The highest BCUT2D eigenvalue weighted by molar-refractivity contribution is 6.93. The fourth-order valence-electron chi connectivity index (χ4n) is 4.02. The maximum absolute atomic E-state index is 13.2. The molecule has 0 heterocycles. The van der Waals surface area contributed by atoms with Gasteiger partial charge < -0.3 is 0 Å². The molecule has 148 valence electrons. The van der Waals surface area contributed by atoms with Crippen molar-refractivity contribution >= 4 is 19.0 Å². The van der Waals surface area contributed by atoms with Crippen molar-refractivity contribution in [3.63, 3.8) is 0 Å². The molecule has 0 amide bonds. The highest BCUT2D eigenvalue weighted by Gasteiger charge is 2.37. The average Bonchev–Trinajstić information content (AvgIpc) is 2.65. The van der Waals surface area contributed by atoms with Crippen LogP contribution in [0.1, 0.15) is 90.9 Å². The summed E-state index contributed by atoms with van der Waals surface area (Å²) in [4.78, 5) is 13.2. The molecule has 0 N–H and O–H groups in total. The second kappa shape index (κ2) is 13.3. The molecule has 0 saturated carbocycles. The molecule has 1 nitrogen and oxygen atoms in total. The average molecular weight is 375 g/mol. The Bertz CT molecular complexity index is 480. The van der Waals surface area contributed by atoms with Crippen LogP contribution < -0.4 is 5.19 Å². The maximum atomic E-state index is 13.2. The van der Waals surface area contributed by atoms with Gasteiger partial charge in [0, 0.05) is 12.0 Å². The van der Waals surface area contributed by atoms with Crippen molar-refractivity contribution in [2.45, 2.75) is 110 Å². The molecule has 1 atom stereocenters. The topological polar surface area (TPSA) is 17.1 Å². The highest BCUT2D eigenvalue weighted by Crippen LogP contribution is 2.31. The van der Waals surface area contributed by atoms with E-state index in [-0.39, 0.29) is 5.54 Å². The Balaban J connectivity index is 2.66. The zero-order chi connectivity index (χ0) is 19.3. The largest absolute Gasteiger partial charge is 0.300 e. The molecule has 0 aromatic heterocycles. The van der Waals surface area contributed by atoms with Gasteiger partial charge in [-0.05, 0) is 12.8 Å². The Morgan fingerprint density at radius 2 is 1.35 bits per heavy atom. The summed E-state index contributed by atoms with van der Waals surface area (Å²) in [7, 11) is -1.76. The predicted molar refractivity (Wildman–Crippen MR) is 119 cm³/mol. The van der Waals surface area contributed by atoms with Gasteiger partial charge in [0.1, 0.15) is 5.78 Å². The molecule has 1 aromatic carbocycles. The Morgan fingerprint density at radius 1 is 0.808 bits per heavy atom. The van der Waals surface area contributed by atoms with Crippen molar-refractivity contribution in [1.82, 2.24) is 0 Å². The second-order valence-corrected chi connectivity index (χ2v) is 13.2. The van der Waals surface area contributed by atoms with Crippen LogP contribution in [0.2, 0.25) is 18.6 Å². The Morgan fingerprint density at radius 3 is 1.96 bits per heavy atom. The number of carbonyl (C=O) groups excluding carboxylic acids is 1. The van der Waals surface area contributed by atoms with Gasteiger partial charge in [0.05, 0.1) is 8.07 Å². The van der Waals surface area contributed by atoms with E-state index >= 15 is 0 Å². The van der Waals surface area contributed by atoms with Crippen molar-refractivity contribution in [3.8, 4) is 0 Å². The molecule has 0 bridgehead atoms. The third-order valence-corrected chi connectivity index (χ3v) is 10.1. The van der Waals surface area contributed by atoms with Gasteiger partial charge in [-0.2, -0.15) is 0 Å². The quantitative estimate of drug-likeness (QED) is 0.233. The lowest BCUT2D eigenvalue weighted by Gasteiger charge is -2.32. The van der Waals surface area contributed by atoms with Crippen molar-refractivity contribution < 1.29 is 4.79 Å². The van der Waals surface area contributed by atoms with Crippen molar-refractivity contribution in [2.24, 2.45) is 0 Å². The standard InChI is InChI=1S/C24H42OSi/c1-5-7-9-11-12-16-20-23(25)24(21-17-10-8-6-2)26(3,4)22-18-14-13-15-19-22/h13-15,18-19,24H,5-12,16-17,20-21H2,1-4H3. The van der Waals surface area contributed by atoms with Gasteiger partial charge in [-0.1, -0.05) is 120 Å². The van der Waals surface area contributed by atoms with Crippen LogP contribution in [0, 0.1) is 0 Å². The molecule has 0 aliphatic heterocycles. The summed E-state index contributed by atoms with van der Waals surface area (Å²) < 4.78 is 0. The van der Waals surface area contributed by atoms with Gasteiger partial charge in [-0.3, -0.25) is 4.79 Å². The number of carbonyl (C=O) groups is 1. The molecule has 1 rings (SSSR count). The number of rotatable bonds is 15. The molecule has 2 heteroatoms. The normalized spacial score (nSPS) is 12.9. The zero-order valence-corrected chi connectivity index (χ0v) is 18.9. The van der Waals surface area contributed by atoms with E-state index in [1.807, 2.05) is 0 Å². The maximum Gasteiger partial charge on any atom is 0.133 e. The fourth-order valence-corrected chi connectivity index (χ4v) is 7.35. The molecule has 0 aliphatic carbocycles. The van der Waals surface area contributed by atoms with Crippen LogP contribution >= 0.6 is 0 Å². The van der Waals surface area contributed by atoms with E-state index in [1.54, 1.807) is 0 Å². The van der Waals surface area contributed by atoms with Gasteiger partial charge in [0.15, 0.2) is 0 Å². The first-order valence-electron chi connectivity index (χ1n) is 11.1. The minimum Gasteiger partial charge on any atom is -0.300 e. The van der Waals surface area contributed by atoms with Crippen LogP contribution in [-0.2, 0) is 4.79 Å². The van der Waals surface area contributed by atoms with Gasteiger partial charge in [-0.15, -0.1) is 0 Å². The lowest BCUT2D eigenvalue weighted by Crippen LogP contribution is -2.48. The summed E-state index contributed by atoms with van der Waals surface area (Å²) in [5.74, 6) is 0.553. The third-order valence-electron chi connectivity index (χ3n) is 5.90. The second-order valence-electron chi connectivity index (χ2n) is 8.47. The van der Waals surface area contributed by atoms with E-state index in [4.69, 9.17) is 0 Å². The fraction of sp³-hybridized carbons (Fsp3) is 0.708. The lowest BCUT2D eigenvalue weighted by atomic mass is 10.0. The first-order valence-corrected chi connectivity index (χ1v) is 14.2. The summed E-state index contributed by atoms with van der Waals surface area (Å²) in [5.41, 5.74) is 0.289. The zero-order valence-electron chi connectivity index (χ0n) is 17.9. The molecule has 0 radical (unpaired) electrons. The van der Waals surface area contributed by atoms with Crippen molar-refractivity contribution in [2.75, 3.05) is 0 Å². The number of hydrogen-bond acceptors (Lipinski definition) is 1. The summed E-state index contributed by atoms with van der Waals surface area (Å²) in [5, 5.41) is 1.44. The highest BCUT2D eigenvalue weighted by atomic mass is 28.3. The van der Waals surface area contributed by atoms with Gasteiger partial charge in [0.25, 0.3) is 0 Å². The molecular formula is C24H42OSi. The number of ketones is 1. The summed E-state index contributed by atoms with van der Waals surface area (Å²) >= 11 is 0. The smallest absolute Gasteiger partial charge is 0.133 e. The SMILES string of the molecule is CCCCCCCCC(=O)C(CCCCCC)[Si](C)(C)c1ccccc1. The van der Waals surface area contributed by atoms with E-state index in [9.17, 15) is 4.79 Å². The van der Waals surface area contributed by atoms with Crippen LogP contribution in [0.15, 0.2) is 30.3 Å². The van der Waals surface area contributed by atoms with E-state index in [0.717, 1.165) is 19.3 Å². The summed E-state index contributed by atoms with van der Waals surface area (Å²) in [6.45, 7) is 9.32. The molecule has 0 saturated heterocycles. The summed E-state index contributed by atoms with van der Waals surface area (Å²) in [6, 6.07) is 10.9. The summed E-state index contributed by atoms with van der Waals surface area (Å²) in [6.07, 6.45) is 14.5. The van der Waals surface area contributed by atoms with Crippen LogP contribution in [0.25, 0.3) is 0 Å². The molecule has 0 aliphatic rings. The van der Waals surface area contributed by atoms with Gasteiger partial charge >= 0.3 is 0 Å². The van der Waals surface area contributed by atoms with Crippen LogP contribution in [0.5, 0.6) is 0 Å².